The van der Waals surface area contributed by atoms with Crippen LogP contribution < -0.4 is 45.9 Å². The SMILES string of the molecule is C1=CC2C(=CCN2c2ccc(Oc3ccc(-n4ccc5cc([Si](c6ccccc6)(c6ccccc6)c6ccccc6)ccc54)cc3)cc2)C=C1[Si](c1ccccc1)(c1ccccc1)c1ccccc1. The van der Waals surface area contributed by atoms with Crippen LogP contribution in [0.1, 0.15) is 0 Å². The highest BCUT2D eigenvalue weighted by Gasteiger charge is 2.44. The zero-order valence-electron chi connectivity index (χ0n) is 38.2. The molecule has 69 heavy (non-hydrogen) atoms. The molecule has 0 saturated carbocycles. The van der Waals surface area contributed by atoms with E-state index in [1.807, 2.05) is 0 Å². The van der Waals surface area contributed by atoms with Gasteiger partial charge in [-0.3, -0.25) is 0 Å². The van der Waals surface area contributed by atoms with Gasteiger partial charge in [0.25, 0.3) is 0 Å². The molecule has 330 valence electrons. The van der Waals surface area contributed by atoms with Crippen molar-refractivity contribution in [1.82, 2.24) is 4.57 Å². The number of benzene rings is 9. The van der Waals surface area contributed by atoms with Gasteiger partial charge >= 0.3 is 0 Å². The Labute approximate surface area is 406 Å². The Bertz CT molecular complexity index is 3270. The Morgan fingerprint density at radius 1 is 0.406 bits per heavy atom. The van der Waals surface area contributed by atoms with Crippen molar-refractivity contribution in [2.45, 2.75) is 6.04 Å². The predicted molar refractivity (Wildman–Crippen MR) is 294 cm³/mol. The fraction of sp³-hybridized carbons (Fsp3) is 0.0312. The van der Waals surface area contributed by atoms with Gasteiger partial charge < -0.3 is 14.2 Å². The molecule has 0 bridgehead atoms. The molecular formula is C64H50N2OSi2. The van der Waals surface area contributed by atoms with Crippen molar-refractivity contribution in [2.75, 3.05) is 11.4 Å². The molecule has 1 aromatic heterocycles. The molecule has 12 rings (SSSR count). The summed E-state index contributed by atoms with van der Waals surface area (Å²) in [6.07, 6.45) is 11.9. The van der Waals surface area contributed by atoms with E-state index in [0.717, 1.165) is 23.7 Å². The van der Waals surface area contributed by atoms with Crippen LogP contribution in [0.15, 0.2) is 296 Å². The summed E-state index contributed by atoms with van der Waals surface area (Å²) in [4.78, 5) is 2.48. The molecule has 3 nitrogen and oxygen atoms in total. The molecule has 1 aliphatic carbocycles. The first-order chi connectivity index (χ1) is 34.2. The third-order valence-electron chi connectivity index (χ3n) is 14.3. The Kier molecular flexibility index (Phi) is 11.1. The molecule has 2 heterocycles. The molecule has 0 fully saturated rings. The smallest absolute Gasteiger partial charge is 0.179 e. The second-order valence-electron chi connectivity index (χ2n) is 18.0. The summed E-state index contributed by atoms with van der Waals surface area (Å²) < 4.78 is 8.74. The first-order valence-corrected chi connectivity index (χ1v) is 27.9. The molecule has 9 aromatic carbocycles. The van der Waals surface area contributed by atoms with E-state index in [-0.39, 0.29) is 6.04 Å². The molecule has 2 aliphatic rings. The average Bonchev–Trinajstić information content (AvgIpc) is 4.06. The maximum atomic E-state index is 6.46. The zero-order valence-corrected chi connectivity index (χ0v) is 40.2. The lowest BCUT2D eigenvalue weighted by atomic mass is 10.0. The number of anilines is 1. The van der Waals surface area contributed by atoms with Gasteiger partial charge in [-0.15, -0.1) is 0 Å². The van der Waals surface area contributed by atoms with Crippen molar-refractivity contribution in [3.05, 3.63) is 296 Å². The highest BCUT2D eigenvalue weighted by molar-refractivity contribution is 7.20. The monoisotopic (exact) mass is 918 g/mol. The van der Waals surface area contributed by atoms with E-state index in [4.69, 9.17) is 4.74 Å². The molecule has 0 spiro atoms. The molecule has 1 aliphatic heterocycles. The standard InChI is InChI=1S/C64H50N2OSi2/c1-7-19-55(20-8-1)68(56-21-9-2-10-22-56,57-23-11-3-12-24-57)61-39-41-63-49(47-61)43-45-65(63)51-31-35-53(36-32-51)67-54-37-33-52(34-38-54)66-46-44-50-48-62(40-42-64(50)66)69(58-25-13-4-14-26-58,59-27-15-5-16-28-59)60-29-17-6-18-30-60/h1-45,47-48,64H,46H2. The van der Waals surface area contributed by atoms with Crippen molar-refractivity contribution in [3.8, 4) is 17.2 Å². The lowest BCUT2D eigenvalue weighted by Gasteiger charge is -2.37. The van der Waals surface area contributed by atoms with Crippen molar-refractivity contribution in [2.24, 2.45) is 0 Å². The molecule has 0 saturated heterocycles. The maximum absolute atomic E-state index is 6.46. The van der Waals surface area contributed by atoms with Gasteiger partial charge in [0.1, 0.15) is 11.5 Å². The number of hydrogen-bond donors (Lipinski definition) is 0. The van der Waals surface area contributed by atoms with Gasteiger partial charge in [0, 0.05) is 24.1 Å². The molecule has 5 heteroatoms. The highest BCUT2D eigenvalue weighted by atomic mass is 28.3. The van der Waals surface area contributed by atoms with Crippen LogP contribution in [0.2, 0.25) is 0 Å². The van der Waals surface area contributed by atoms with Gasteiger partial charge in [-0.2, -0.15) is 0 Å². The minimum absolute atomic E-state index is 0.166. The molecule has 0 radical (unpaired) electrons. The average molecular weight is 919 g/mol. The van der Waals surface area contributed by atoms with Crippen LogP contribution in [0.3, 0.4) is 0 Å². The summed E-state index contributed by atoms with van der Waals surface area (Å²) in [6, 6.07) is 93.3. The highest BCUT2D eigenvalue weighted by Crippen LogP contribution is 2.35. The lowest BCUT2D eigenvalue weighted by molar-refractivity contribution is 0.482. The van der Waals surface area contributed by atoms with E-state index < -0.39 is 16.1 Å². The van der Waals surface area contributed by atoms with Crippen LogP contribution in [0.4, 0.5) is 5.69 Å². The third-order valence-corrected chi connectivity index (χ3v) is 23.8. The van der Waals surface area contributed by atoms with Crippen molar-refractivity contribution >= 4 is 69.0 Å². The van der Waals surface area contributed by atoms with E-state index in [0.29, 0.717) is 0 Å². The van der Waals surface area contributed by atoms with Gasteiger partial charge in [-0.1, -0.05) is 218 Å². The summed E-state index contributed by atoms with van der Waals surface area (Å²) in [7, 11) is -5.23. The van der Waals surface area contributed by atoms with E-state index in [2.05, 4.69) is 295 Å². The van der Waals surface area contributed by atoms with Gasteiger partial charge in [-0.25, -0.2) is 0 Å². The number of aromatic nitrogens is 1. The fourth-order valence-electron chi connectivity index (χ4n) is 11.1. The van der Waals surface area contributed by atoms with Gasteiger partial charge in [-0.05, 0) is 113 Å². The minimum atomic E-state index is -2.63. The van der Waals surface area contributed by atoms with E-state index in [1.165, 1.54) is 63.7 Å². The van der Waals surface area contributed by atoms with Crippen LogP contribution in [0.25, 0.3) is 16.6 Å². The number of allylic oxidation sites excluding steroid dienone is 2. The number of hydrogen-bond acceptors (Lipinski definition) is 2. The molecule has 10 aromatic rings. The minimum Gasteiger partial charge on any atom is -0.457 e. The van der Waals surface area contributed by atoms with E-state index in [9.17, 15) is 0 Å². The normalized spacial score (nSPS) is 14.6. The second-order valence-corrected chi connectivity index (χ2v) is 25.6. The van der Waals surface area contributed by atoms with Crippen LogP contribution in [-0.4, -0.2) is 33.3 Å². The van der Waals surface area contributed by atoms with E-state index in [1.54, 1.807) is 0 Å². The van der Waals surface area contributed by atoms with Crippen molar-refractivity contribution in [1.29, 1.82) is 0 Å². The number of fused-ring (bicyclic) bond motifs is 2. The summed E-state index contributed by atoms with van der Waals surface area (Å²) >= 11 is 0. The summed E-state index contributed by atoms with van der Waals surface area (Å²) in [5.74, 6) is 1.61. The second kappa shape index (κ2) is 18.1. The third kappa shape index (κ3) is 7.44. The lowest BCUT2D eigenvalue weighted by Crippen LogP contribution is -2.74. The topological polar surface area (TPSA) is 17.4 Å². The van der Waals surface area contributed by atoms with Gasteiger partial charge in [0.05, 0.1) is 11.6 Å². The number of rotatable bonds is 12. The quantitative estimate of drug-likeness (QED) is 0.0898. The van der Waals surface area contributed by atoms with Gasteiger partial charge in [0.2, 0.25) is 0 Å². The van der Waals surface area contributed by atoms with Crippen molar-refractivity contribution in [3.63, 3.8) is 0 Å². The van der Waals surface area contributed by atoms with Crippen LogP contribution in [0.5, 0.6) is 11.5 Å². The predicted octanol–water partition coefficient (Wildman–Crippen LogP) is 10.1. The van der Waals surface area contributed by atoms with Crippen LogP contribution in [0, 0.1) is 0 Å². The zero-order chi connectivity index (χ0) is 46.0. The first-order valence-electron chi connectivity index (χ1n) is 23.9. The Morgan fingerprint density at radius 3 is 1.30 bits per heavy atom. The molecule has 0 amide bonds. The molecule has 0 N–H and O–H groups in total. The number of ether oxygens (including phenoxy) is 1. The maximum Gasteiger partial charge on any atom is 0.179 e. The van der Waals surface area contributed by atoms with Crippen LogP contribution >= 0.6 is 0 Å². The Hall–Kier alpha value is -8.23. The fourth-order valence-corrected chi connectivity index (χ4v) is 20.7. The first kappa shape index (κ1) is 42.2. The van der Waals surface area contributed by atoms with Crippen LogP contribution in [-0.2, 0) is 0 Å². The molecule has 1 atom stereocenters. The van der Waals surface area contributed by atoms with Gasteiger partial charge in [0.15, 0.2) is 16.1 Å². The van der Waals surface area contributed by atoms with Crippen molar-refractivity contribution < 1.29 is 4.74 Å². The Balaban J connectivity index is 0.781. The Morgan fingerprint density at radius 2 is 0.841 bits per heavy atom. The number of nitrogens with zero attached hydrogens (tertiary/aromatic N) is 2. The summed E-state index contributed by atoms with van der Waals surface area (Å²) in [6.45, 7) is 0.845. The molecular weight excluding hydrogens is 869 g/mol. The molecule has 1 unspecified atom stereocenters. The summed E-state index contributed by atoms with van der Waals surface area (Å²) in [5.41, 5.74) is 4.78. The van der Waals surface area contributed by atoms with E-state index >= 15 is 0 Å². The largest absolute Gasteiger partial charge is 0.457 e. The summed E-state index contributed by atoms with van der Waals surface area (Å²) in [5, 5.41) is 12.3.